The molecule has 0 spiro atoms. The number of hydrogen-bond acceptors (Lipinski definition) is 4. The average Bonchev–Trinajstić information content (AvgIpc) is 2.53. The Morgan fingerprint density at radius 2 is 2.54 bits per heavy atom. The first kappa shape index (κ1) is 10.4. The topological polar surface area (TPSA) is 67.6 Å². The Bertz CT molecular complexity index is 175. The van der Waals surface area contributed by atoms with Gasteiger partial charge in [-0.1, -0.05) is 0 Å². The molecule has 1 aliphatic heterocycles. The number of likely N-dealkylation sites (tertiary alicyclic amines) is 1. The summed E-state index contributed by atoms with van der Waals surface area (Å²) in [6.45, 7) is 3.07. The first-order valence-electron chi connectivity index (χ1n) is 4.47. The van der Waals surface area contributed by atoms with Crippen LogP contribution in [0.3, 0.4) is 0 Å². The van der Waals surface area contributed by atoms with E-state index in [1.807, 2.05) is 0 Å². The van der Waals surface area contributed by atoms with Gasteiger partial charge in [0, 0.05) is 13.7 Å². The Kier molecular flexibility index (Phi) is 4.14. The Labute approximate surface area is 78.2 Å². The molecular weight excluding hydrogens is 170 g/mol. The normalized spacial score (nSPS) is 23.4. The molecule has 1 heterocycles. The monoisotopic (exact) mass is 187 g/mol. The molecule has 1 rings (SSSR count). The van der Waals surface area contributed by atoms with Crippen molar-refractivity contribution in [2.24, 2.45) is 11.8 Å². The van der Waals surface area contributed by atoms with Gasteiger partial charge in [0.2, 0.25) is 5.91 Å². The van der Waals surface area contributed by atoms with Crippen LogP contribution in [0.5, 0.6) is 0 Å². The van der Waals surface area contributed by atoms with Crippen LogP contribution in [0.2, 0.25) is 0 Å². The predicted octanol–water partition coefficient (Wildman–Crippen LogP) is -1.06. The molecular formula is C8H17N3O2. The fourth-order valence-corrected chi connectivity index (χ4v) is 1.68. The fraction of sp³-hybridized carbons (Fsp3) is 0.875. The molecule has 0 bridgehead atoms. The molecule has 0 radical (unpaired) electrons. The van der Waals surface area contributed by atoms with E-state index in [0.29, 0.717) is 12.5 Å². The van der Waals surface area contributed by atoms with Gasteiger partial charge in [0.1, 0.15) is 0 Å². The van der Waals surface area contributed by atoms with E-state index in [-0.39, 0.29) is 5.91 Å². The largest absolute Gasteiger partial charge is 0.384 e. The maximum Gasteiger partial charge on any atom is 0.248 e. The van der Waals surface area contributed by atoms with Gasteiger partial charge >= 0.3 is 0 Å². The van der Waals surface area contributed by atoms with Crippen molar-refractivity contribution in [3.63, 3.8) is 0 Å². The minimum Gasteiger partial charge on any atom is -0.384 e. The number of hydrogen-bond donors (Lipinski definition) is 2. The number of rotatable bonds is 4. The van der Waals surface area contributed by atoms with Crippen molar-refractivity contribution in [1.29, 1.82) is 0 Å². The SMILES string of the molecule is COCC1CCN(CC(=O)NN)C1. The minimum absolute atomic E-state index is 0.127. The molecule has 0 aromatic heterocycles. The van der Waals surface area contributed by atoms with E-state index in [1.165, 1.54) is 0 Å². The highest BCUT2D eigenvalue weighted by atomic mass is 16.5. The van der Waals surface area contributed by atoms with Gasteiger partial charge in [-0.3, -0.25) is 15.1 Å². The van der Waals surface area contributed by atoms with Gasteiger partial charge in [0.25, 0.3) is 0 Å². The van der Waals surface area contributed by atoms with Crippen LogP contribution in [0.15, 0.2) is 0 Å². The van der Waals surface area contributed by atoms with Gasteiger partial charge in [-0.15, -0.1) is 0 Å². The van der Waals surface area contributed by atoms with E-state index in [2.05, 4.69) is 10.3 Å². The summed E-state index contributed by atoms with van der Waals surface area (Å²) in [5.74, 6) is 5.43. The first-order chi connectivity index (χ1) is 6.26. The summed E-state index contributed by atoms with van der Waals surface area (Å²) in [5, 5.41) is 0. The third kappa shape index (κ3) is 3.30. The second-order valence-corrected chi connectivity index (χ2v) is 3.41. The molecule has 1 unspecified atom stereocenters. The van der Waals surface area contributed by atoms with Gasteiger partial charge < -0.3 is 4.74 Å². The van der Waals surface area contributed by atoms with E-state index in [0.717, 1.165) is 26.1 Å². The zero-order valence-electron chi connectivity index (χ0n) is 7.95. The zero-order valence-corrected chi connectivity index (χ0v) is 7.95. The molecule has 76 valence electrons. The van der Waals surface area contributed by atoms with Crippen LogP contribution < -0.4 is 11.3 Å². The van der Waals surface area contributed by atoms with E-state index >= 15 is 0 Å². The van der Waals surface area contributed by atoms with Crippen LogP contribution in [0.4, 0.5) is 0 Å². The average molecular weight is 187 g/mol. The number of nitrogens with zero attached hydrogens (tertiary/aromatic N) is 1. The molecule has 1 atom stereocenters. The molecule has 0 saturated carbocycles. The lowest BCUT2D eigenvalue weighted by molar-refractivity contribution is -0.122. The van der Waals surface area contributed by atoms with E-state index in [4.69, 9.17) is 10.6 Å². The van der Waals surface area contributed by atoms with Crippen molar-refractivity contribution >= 4 is 5.91 Å². The maximum absolute atomic E-state index is 10.9. The van der Waals surface area contributed by atoms with Gasteiger partial charge in [-0.2, -0.15) is 0 Å². The summed E-state index contributed by atoms with van der Waals surface area (Å²) in [7, 11) is 1.70. The number of nitrogens with one attached hydrogen (secondary N) is 1. The smallest absolute Gasteiger partial charge is 0.248 e. The summed E-state index contributed by atoms with van der Waals surface area (Å²) in [6, 6.07) is 0. The maximum atomic E-state index is 10.9. The highest BCUT2D eigenvalue weighted by Crippen LogP contribution is 2.15. The second kappa shape index (κ2) is 5.16. The molecule has 1 aliphatic rings. The number of methoxy groups -OCH3 is 1. The Hall–Kier alpha value is -0.650. The summed E-state index contributed by atoms with van der Waals surface area (Å²) in [6.07, 6.45) is 1.10. The van der Waals surface area contributed by atoms with Crippen LogP contribution in [0, 0.1) is 5.92 Å². The lowest BCUT2D eigenvalue weighted by Gasteiger charge is -2.13. The van der Waals surface area contributed by atoms with Crippen LogP contribution in [-0.2, 0) is 9.53 Å². The van der Waals surface area contributed by atoms with Crippen LogP contribution in [-0.4, -0.2) is 44.2 Å². The van der Waals surface area contributed by atoms with Gasteiger partial charge in [-0.25, -0.2) is 5.84 Å². The van der Waals surface area contributed by atoms with Crippen LogP contribution >= 0.6 is 0 Å². The molecule has 1 saturated heterocycles. The number of carbonyl (C=O) groups excluding carboxylic acids is 1. The number of hydrazine groups is 1. The van der Waals surface area contributed by atoms with E-state index in [9.17, 15) is 4.79 Å². The van der Waals surface area contributed by atoms with Crippen LogP contribution in [0.25, 0.3) is 0 Å². The Morgan fingerprint density at radius 1 is 1.77 bits per heavy atom. The molecule has 5 heteroatoms. The quantitative estimate of drug-likeness (QED) is 0.334. The fourth-order valence-electron chi connectivity index (χ4n) is 1.68. The molecule has 1 fully saturated rings. The van der Waals surface area contributed by atoms with Crippen LogP contribution in [0.1, 0.15) is 6.42 Å². The molecule has 5 nitrogen and oxygen atoms in total. The predicted molar refractivity (Wildman–Crippen MR) is 48.8 cm³/mol. The number of ether oxygens (including phenoxy) is 1. The van der Waals surface area contributed by atoms with Crippen molar-refractivity contribution < 1.29 is 9.53 Å². The van der Waals surface area contributed by atoms with E-state index < -0.39 is 0 Å². The Balaban J connectivity index is 2.20. The van der Waals surface area contributed by atoms with Crippen molar-refractivity contribution in [1.82, 2.24) is 10.3 Å². The molecule has 0 aromatic carbocycles. The Morgan fingerprint density at radius 3 is 3.15 bits per heavy atom. The van der Waals surface area contributed by atoms with E-state index in [1.54, 1.807) is 7.11 Å². The van der Waals surface area contributed by atoms with Gasteiger partial charge in [-0.05, 0) is 18.9 Å². The summed E-state index contributed by atoms with van der Waals surface area (Å²) in [5.41, 5.74) is 2.13. The lowest BCUT2D eigenvalue weighted by atomic mass is 10.1. The molecule has 1 amide bonds. The number of amides is 1. The molecule has 0 aliphatic carbocycles. The minimum atomic E-state index is -0.127. The van der Waals surface area contributed by atoms with Crippen molar-refractivity contribution in [3.8, 4) is 0 Å². The lowest BCUT2D eigenvalue weighted by Crippen LogP contribution is -2.39. The summed E-state index contributed by atoms with van der Waals surface area (Å²) < 4.78 is 5.05. The molecule has 0 aromatic rings. The third-order valence-corrected chi connectivity index (χ3v) is 2.30. The third-order valence-electron chi connectivity index (χ3n) is 2.30. The molecule has 13 heavy (non-hydrogen) atoms. The van der Waals surface area contributed by atoms with Gasteiger partial charge in [0.15, 0.2) is 0 Å². The van der Waals surface area contributed by atoms with Gasteiger partial charge in [0.05, 0.1) is 13.2 Å². The van der Waals surface area contributed by atoms with Crippen molar-refractivity contribution in [3.05, 3.63) is 0 Å². The number of carbonyl (C=O) groups is 1. The second-order valence-electron chi connectivity index (χ2n) is 3.41. The van der Waals surface area contributed by atoms with Crippen molar-refractivity contribution in [2.75, 3.05) is 33.4 Å². The summed E-state index contributed by atoms with van der Waals surface area (Å²) in [4.78, 5) is 13.0. The highest BCUT2D eigenvalue weighted by molar-refractivity contribution is 5.77. The highest BCUT2D eigenvalue weighted by Gasteiger charge is 2.23. The zero-order chi connectivity index (χ0) is 9.68. The standard InChI is InChI=1S/C8H17N3O2/c1-13-6-7-2-3-11(4-7)5-8(12)10-9/h7H,2-6,9H2,1H3,(H,10,12). The summed E-state index contributed by atoms with van der Waals surface area (Å²) >= 11 is 0. The number of nitrogens with two attached hydrogens (primary N) is 1. The molecule has 3 N–H and O–H groups in total. The first-order valence-corrected chi connectivity index (χ1v) is 4.47. The van der Waals surface area contributed by atoms with Crippen molar-refractivity contribution in [2.45, 2.75) is 6.42 Å².